The molecule has 2 rings (SSSR count). The number of amides is 2. The molecule has 0 spiro atoms. The Labute approximate surface area is 120 Å². The molecule has 1 fully saturated rings. The van der Waals surface area contributed by atoms with Crippen LogP contribution in [0.5, 0.6) is 0 Å². The van der Waals surface area contributed by atoms with E-state index in [-0.39, 0.29) is 24.7 Å². The molecule has 0 aromatic carbocycles. The van der Waals surface area contributed by atoms with E-state index in [0.29, 0.717) is 31.1 Å². The summed E-state index contributed by atoms with van der Waals surface area (Å²) in [6.45, 7) is 1.93. The standard InChI is InChI=1S/C13H16N2O4S/c16-11(3-4-12(17)18)14-5-7-15(8-6-14)13(19)10-2-1-9-20-10/h1-2,9H,3-8H2,(H,17,18). The number of carboxylic acids is 1. The van der Waals surface area contributed by atoms with Crippen LogP contribution in [0.4, 0.5) is 0 Å². The van der Waals surface area contributed by atoms with E-state index in [0.717, 1.165) is 0 Å². The Hall–Kier alpha value is -1.89. The Morgan fingerprint density at radius 1 is 1.10 bits per heavy atom. The molecule has 2 heterocycles. The lowest BCUT2D eigenvalue weighted by Gasteiger charge is -2.34. The SMILES string of the molecule is O=C(O)CCC(=O)N1CCN(C(=O)c2cccs2)CC1. The number of carbonyl (C=O) groups excluding carboxylic acids is 2. The van der Waals surface area contributed by atoms with Crippen LogP contribution in [0.3, 0.4) is 0 Å². The number of thiophene rings is 1. The summed E-state index contributed by atoms with van der Waals surface area (Å²) < 4.78 is 0. The first-order valence-corrected chi connectivity index (χ1v) is 7.28. The van der Waals surface area contributed by atoms with Gasteiger partial charge in [-0.3, -0.25) is 14.4 Å². The molecule has 0 atom stereocenters. The van der Waals surface area contributed by atoms with Crippen molar-refractivity contribution in [3.63, 3.8) is 0 Å². The molecule has 6 nitrogen and oxygen atoms in total. The fourth-order valence-electron chi connectivity index (χ4n) is 2.09. The van der Waals surface area contributed by atoms with Crippen molar-refractivity contribution in [1.29, 1.82) is 0 Å². The molecular formula is C13H16N2O4S. The van der Waals surface area contributed by atoms with Gasteiger partial charge in [0.15, 0.2) is 0 Å². The molecule has 1 aliphatic heterocycles. The summed E-state index contributed by atoms with van der Waals surface area (Å²) in [5.74, 6) is -1.13. The quantitative estimate of drug-likeness (QED) is 0.895. The van der Waals surface area contributed by atoms with Gasteiger partial charge in [0.05, 0.1) is 11.3 Å². The smallest absolute Gasteiger partial charge is 0.303 e. The molecule has 0 saturated carbocycles. The third-order valence-corrected chi connectivity index (χ3v) is 4.06. The molecule has 2 amide bonds. The molecule has 1 aromatic heterocycles. The summed E-state index contributed by atoms with van der Waals surface area (Å²) in [5.41, 5.74) is 0. The average Bonchev–Trinajstić information content (AvgIpc) is 2.98. The second kappa shape index (κ2) is 6.51. The number of piperazine rings is 1. The second-order valence-corrected chi connectivity index (χ2v) is 5.49. The fourth-order valence-corrected chi connectivity index (χ4v) is 2.78. The second-order valence-electron chi connectivity index (χ2n) is 4.54. The van der Waals surface area contributed by atoms with E-state index in [4.69, 9.17) is 5.11 Å². The molecule has 108 valence electrons. The topological polar surface area (TPSA) is 77.9 Å². The molecule has 1 aromatic rings. The van der Waals surface area contributed by atoms with Crippen LogP contribution in [0.25, 0.3) is 0 Å². The number of aliphatic carboxylic acids is 1. The van der Waals surface area contributed by atoms with Crippen LogP contribution in [0.2, 0.25) is 0 Å². The minimum absolute atomic E-state index is 0.00219. The molecule has 1 saturated heterocycles. The number of carboxylic acid groups (broad SMARTS) is 1. The Kier molecular flexibility index (Phi) is 4.73. The van der Waals surface area contributed by atoms with Crippen molar-refractivity contribution in [3.8, 4) is 0 Å². The van der Waals surface area contributed by atoms with E-state index in [1.165, 1.54) is 11.3 Å². The lowest BCUT2D eigenvalue weighted by molar-refractivity contribution is -0.141. The maximum absolute atomic E-state index is 12.1. The number of hydrogen-bond acceptors (Lipinski definition) is 4. The number of rotatable bonds is 4. The van der Waals surface area contributed by atoms with Crippen LogP contribution >= 0.6 is 11.3 Å². The van der Waals surface area contributed by atoms with Gasteiger partial charge in [0.25, 0.3) is 5.91 Å². The van der Waals surface area contributed by atoms with Crippen LogP contribution in [0, 0.1) is 0 Å². The Morgan fingerprint density at radius 2 is 1.75 bits per heavy atom. The average molecular weight is 296 g/mol. The van der Waals surface area contributed by atoms with E-state index < -0.39 is 5.97 Å². The van der Waals surface area contributed by atoms with E-state index in [9.17, 15) is 14.4 Å². The van der Waals surface area contributed by atoms with E-state index in [1.54, 1.807) is 15.9 Å². The molecule has 0 bridgehead atoms. The Balaban J connectivity index is 1.82. The zero-order valence-corrected chi connectivity index (χ0v) is 11.8. The van der Waals surface area contributed by atoms with Crippen molar-refractivity contribution in [3.05, 3.63) is 22.4 Å². The van der Waals surface area contributed by atoms with Gasteiger partial charge in [0.1, 0.15) is 0 Å². The van der Waals surface area contributed by atoms with Gasteiger partial charge in [0, 0.05) is 32.6 Å². The summed E-state index contributed by atoms with van der Waals surface area (Å²) in [7, 11) is 0. The highest BCUT2D eigenvalue weighted by atomic mass is 32.1. The third kappa shape index (κ3) is 3.57. The van der Waals surface area contributed by atoms with Gasteiger partial charge in [-0.2, -0.15) is 0 Å². The maximum atomic E-state index is 12.1. The van der Waals surface area contributed by atoms with Crippen molar-refractivity contribution < 1.29 is 19.5 Å². The number of nitrogens with zero attached hydrogens (tertiary/aromatic N) is 2. The van der Waals surface area contributed by atoms with Gasteiger partial charge in [-0.15, -0.1) is 11.3 Å². The molecule has 0 radical (unpaired) electrons. The summed E-state index contributed by atoms with van der Waals surface area (Å²) in [5, 5.41) is 10.4. The highest BCUT2D eigenvalue weighted by Crippen LogP contribution is 2.14. The zero-order valence-electron chi connectivity index (χ0n) is 10.9. The first-order chi connectivity index (χ1) is 9.58. The van der Waals surface area contributed by atoms with Crippen molar-refractivity contribution in [2.24, 2.45) is 0 Å². The number of hydrogen-bond donors (Lipinski definition) is 1. The van der Waals surface area contributed by atoms with Crippen molar-refractivity contribution in [1.82, 2.24) is 9.80 Å². The van der Waals surface area contributed by atoms with E-state index in [1.807, 2.05) is 11.4 Å². The lowest BCUT2D eigenvalue weighted by atomic mass is 10.2. The fraction of sp³-hybridized carbons (Fsp3) is 0.462. The van der Waals surface area contributed by atoms with Crippen LogP contribution in [0.15, 0.2) is 17.5 Å². The van der Waals surface area contributed by atoms with E-state index >= 15 is 0 Å². The summed E-state index contributed by atoms with van der Waals surface area (Å²) in [6.07, 6.45) is -0.124. The van der Waals surface area contributed by atoms with Crippen molar-refractivity contribution in [2.45, 2.75) is 12.8 Å². The third-order valence-electron chi connectivity index (χ3n) is 3.20. The Morgan fingerprint density at radius 3 is 2.30 bits per heavy atom. The summed E-state index contributed by atoms with van der Waals surface area (Å²) in [6, 6.07) is 3.63. The molecule has 20 heavy (non-hydrogen) atoms. The molecular weight excluding hydrogens is 280 g/mol. The van der Waals surface area contributed by atoms with Gasteiger partial charge in [-0.1, -0.05) is 6.07 Å². The molecule has 0 aliphatic carbocycles. The van der Waals surface area contributed by atoms with Crippen LogP contribution in [-0.4, -0.2) is 58.9 Å². The van der Waals surface area contributed by atoms with Crippen molar-refractivity contribution >= 4 is 29.1 Å². The first kappa shape index (κ1) is 14.5. The van der Waals surface area contributed by atoms with Crippen LogP contribution in [-0.2, 0) is 9.59 Å². The van der Waals surface area contributed by atoms with E-state index in [2.05, 4.69) is 0 Å². The molecule has 1 aliphatic rings. The predicted octanol–water partition coefficient (Wildman–Crippen LogP) is 0.897. The normalized spacial score (nSPS) is 15.2. The van der Waals surface area contributed by atoms with Gasteiger partial charge >= 0.3 is 5.97 Å². The van der Waals surface area contributed by atoms with Crippen LogP contribution in [0.1, 0.15) is 22.5 Å². The predicted molar refractivity (Wildman–Crippen MR) is 73.7 cm³/mol. The van der Waals surface area contributed by atoms with Gasteiger partial charge in [-0.05, 0) is 11.4 Å². The largest absolute Gasteiger partial charge is 0.481 e. The summed E-state index contributed by atoms with van der Waals surface area (Å²) in [4.78, 5) is 38.4. The highest BCUT2D eigenvalue weighted by molar-refractivity contribution is 7.12. The summed E-state index contributed by atoms with van der Waals surface area (Å²) >= 11 is 1.41. The monoisotopic (exact) mass is 296 g/mol. The van der Waals surface area contributed by atoms with Gasteiger partial charge in [0.2, 0.25) is 5.91 Å². The molecule has 1 N–H and O–H groups in total. The van der Waals surface area contributed by atoms with Gasteiger partial charge in [-0.25, -0.2) is 0 Å². The minimum atomic E-state index is -0.968. The van der Waals surface area contributed by atoms with Gasteiger partial charge < -0.3 is 14.9 Å². The Bertz CT molecular complexity index is 492. The molecule has 0 unspecified atom stereocenters. The minimum Gasteiger partial charge on any atom is -0.481 e. The van der Waals surface area contributed by atoms with Crippen LogP contribution < -0.4 is 0 Å². The number of carbonyl (C=O) groups is 3. The lowest BCUT2D eigenvalue weighted by Crippen LogP contribution is -2.50. The first-order valence-electron chi connectivity index (χ1n) is 6.40. The molecule has 7 heteroatoms. The maximum Gasteiger partial charge on any atom is 0.303 e. The highest BCUT2D eigenvalue weighted by Gasteiger charge is 2.25. The zero-order chi connectivity index (χ0) is 14.5. The van der Waals surface area contributed by atoms with Crippen molar-refractivity contribution in [2.75, 3.05) is 26.2 Å².